The van der Waals surface area contributed by atoms with Crippen molar-refractivity contribution in [2.45, 2.75) is 30.7 Å². The summed E-state index contributed by atoms with van der Waals surface area (Å²) in [5, 5.41) is 2.94. The van der Waals surface area contributed by atoms with Crippen molar-refractivity contribution in [2.24, 2.45) is 5.92 Å². The van der Waals surface area contributed by atoms with Crippen LogP contribution >= 0.6 is 0 Å². The van der Waals surface area contributed by atoms with Gasteiger partial charge in [0.2, 0.25) is 15.9 Å². The molecule has 1 atom stereocenters. The van der Waals surface area contributed by atoms with Gasteiger partial charge in [-0.2, -0.15) is 4.31 Å². The minimum Gasteiger partial charge on any atom is -0.486 e. The molecule has 2 heterocycles. The van der Waals surface area contributed by atoms with Gasteiger partial charge >= 0.3 is 0 Å². The van der Waals surface area contributed by atoms with E-state index in [1.54, 1.807) is 18.2 Å². The second-order valence-electron chi connectivity index (χ2n) is 7.77. The molecule has 2 aliphatic heterocycles. The lowest BCUT2D eigenvalue weighted by Gasteiger charge is -2.31. The standard InChI is InChI=1S/C22H25FN2O5S/c1-15(16-2-4-18(23)5-3-16)24-22(26)17-8-10-25(11-9-17)31(27,28)19-6-7-20-21(14-19)30-13-12-29-20/h2-7,14-15,17H,8-13H2,1H3,(H,24,26)/t15-/m1/s1. The minimum atomic E-state index is -3.68. The molecule has 0 saturated carbocycles. The molecule has 0 spiro atoms. The van der Waals surface area contributed by atoms with Gasteiger partial charge in [0, 0.05) is 25.1 Å². The van der Waals surface area contributed by atoms with Gasteiger partial charge < -0.3 is 14.8 Å². The van der Waals surface area contributed by atoms with Crippen LogP contribution in [-0.2, 0) is 14.8 Å². The van der Waals surface area contributed by atoms with Crippen molar-refractivity contribution < 1.29 is 27.1 Å². The molecule has 0 unspecified atom stereocenters. The zero-order valence-corrected chi connectivity index (χ0v) is 18.0. The summed E-state index contributed by atoms with van der Waals surface area (Å²) in [6.45, 7) is 3.19. The maximum Gasteiger partial charge on any atom is 0.243 e. The van der Waals surface area contributed by atoms with Crippen LogP contribution in [0.1, 0.15) is 31.4 Å². The van der Waals surface area contributed by atoms with Crippen LogP contribution in [0, 0.1) is 11.7 Å². The first-order chi connectivity index (χ1) is 14.8. The van der Waals surface area contributed by atoms with Gasteiger partial charge in [0.25, 0.3) is 0 Å². The zero-order valence-electron chi connectivity index (χ0n) is 17.2. The molecule has 0 aliphatic carbocycles. The van der Waals surface area contributed by atoms with Crippen LogP contribution < -0.4 is 14.8 Å². The number of hydrogen-bond acceptors (Lipinski definition) is 5. The third-order valence-corrected chi connectivity index (χ3v) is 7.60. The van der Waals surface area contributed by atoms with Crippen molar-refractivity contribution in [3.63, 3.8) is 0 Å². The van der Waals surface area contributed by atoms with Crippen LogP contribution in [0.4, 0.5) is 4.39 Å². The monoisotopic (exact) mass is 448 g/mol. The van der Waals surface area contributed by atoms with Gasteiger partial charge in [-0.05, 0) is 49.6 Å². The third kappa shape index (κ3) is 4.67. The van der Waals surface area contributed by atoms with E-state index >= 15 is 0 Å². The van der Waals surface area contributed by atoms with Gasteiger partial charge in [-0.1, -0.05) is 12.1 Å². The predicted octanol–water partition coefficient (Wildman–Crippen LogP) is 2.88. The molecular formula is C22H25FN2O5S. The Bertz CT molecular complexity index is 1050. The van der Waals surface area contributed by atoms with Crippen LogP contribution in [0.15, 0.2) is 47.4 Å². The van der Waals surface area contributed by atoms with E-state index in [1.807, 2.05) is 6.92 Å². The zero-order chi connectivity index (χ0) is 22.0. The Hall–Kier alpha value is -2.65. The molecule has 2 aliphatic rings. The van der Waals surface area contributed by atoms with E-state index in [-0.39, 0.29) is 41.7 Å². The van der Waals surface area contributed by atoms with Crippen LogP contribution in [0.25, 0.3) is 0 Å². The van der Waals surface area contributed by atoms with E-state index in [0.29, 0.717) is 37.6 Å². The van der Waals surface area contributed by atoms with E-state index in [9.17, 15) is 17.6 Å². The van der Waals surface area contributed by atoms with Crippen LogP contribution in [-0.4, -0.2) is 44.9 Å². The van der Waals surface area contributed by atoms with Gasteiger partial charge in [-0.25, -0.2) is 12.8 Å². The largest absolute Gasteiger partial charge is 0.486 e. The molecule has 1 N–H and O–H groups in total. The average Bonchev–Trinajstić information content (AvgIpc) is 2.79. The first-order valence-electron chi connectivity index (χ1n) is 10.3. The molecule has 2 aromatic rings. The summed E-state index contributed by atoms with van der Waals surface area (Å²) in [5.74, 6) is 0.254. The minimum absolute atomic E-state index is 0.117. The Labute approximate surface area is 181 Å². The predicted molar refractivity (Wildman–Crippen MR) is 112 cm³/mol. The highest BCUT2D eigenvalue weighted by molar-refractivity contribution is 7.89. The van der Waals surface area contributed by atoms with Crippen LogP contribution in [0.3, 0.4) is 0 Å². The number of piperidine rings is 1. The first-order valence-corrected chi connectivity index (χ1v) is 11.7. The SMILES string of the molecule is C[C@@H](NC(=O)C1CCN(S(=O)(=O)c2ccc3c(c2)OCCO3)CC1)c1ccc(F)cc1. The van der Waals surface area contributed by atoms with Crippen LogP contribution in [0.2, 0.25) is 0 Å². The van der Waals surface area contributed by atoms with Gasteiger partial charge in [-0.3, -0.25) is 4.79 Å². The number of carbonyl (C=O) groups is 1. The fourth-order valence-electron chi connectivity index (χ4n) is 3.86. The van der Waals surface area contributed by atoms with Crippen molar-refractivity contribution in [1.29, 1.82) is 0 Å². The topological polar surface area (TPSA) is 84.9 Å². The Morgan fingerprint density at radius 1 is 1.06 bits per heavy atom. The summed E-state index contributed by atoms with van der Waals surface area (Å²) in [7, 11) is -3.68. The maximum atomic E-state index is 13.1. The van der Waals surface area contributed by atoms with Crippen LogP contribution in [0.5, 0.6) is 11.5 Å². The average molecular weight is 449 g/mol. The molecule has 9 heteroatoms. The number of rotatable bonds is 5. The number of sulfonamides is 1. The third-order valence-electron chi connectivity index (χ3n) is 5.70. The summed E-state index contributed by atoms with van der Waals surface area (Å²) in [5.41, 5.74) is 0.813. The smallest absolute Gasteiger partial charge is 0.243 e. The summed E-state index contributed by atoms with van der Waals surface area (Å²) < 4.78 is 51.5. The van der Waals surface area contributed by atoms with Crippen molar-refractivity contribution in [3.05, 3.63) is 53.8 Å². The van der Waals surface area contributed by atoms with E-state index in [0.717, 1.165) is 5.56 Å². The summed E-state index contributed by atoms with van der Waals surface area (Å²) in [6.07, 6.45) is 0.873. The van der Waals surface area contributed by atoms with Crippen molar-refractivity contribution in [3.8, 4) is 11.5 Å². The molecule has 0 bridgehead atoms. The molecule has 1 saturated heterocycles. The van der Waals surface area contributed by atoms with Crippen molar-refractivity contribution in [1.82, 2.24) is 9.62 Å². The first kappa shape index (κ1) is 21.6. The number of amides is 1. The highest BCUT2D eigenvalue weighted by atomic mass is 32.2. The normalized spacial score (nSPS) is 18.4. The number of carbonyl (C=O) groups excluding carboxylic acids is 1. The van der Waals surface area contributed by atoms with Gasteiger partial charge in [0.1, 0.15) is 19.0 Å². The number of benzene rings is 2. The number of nitrogens with zero attached hydrogens (tertiary/aromatic N) is 1. The van der Waals surface area contributed by atoms with E-state index < -0.39 is 10.0 Å². The molecule has 1 fully saturated rings. The Morgan fingerprint density at radius 3 is 2.39 bits per heavy atom. The van der Waals surface area contributed by atoms with E-state index in [2.05, 4.69) is 5.32 Å². The quantitative estimate of drug-likeness (QED) is 0.760. The fourth-order valence-corrected chi connectivity index (χ4v) is 5.34. The van der Waals surface area contributed by atoms with Crippen molar-refractivity contribution >= 4 is 15.9 Å². The second-order valence-corrected chi connectivity index (χ2v) is 9.70. The number of nitrogens with one attached hydrogen (secondary N) is 1. The number of hydrogen-bond donors (Lipinski definition) is 1. The highest BCUT2D eigenvalue weighted by Gasteiger charge is 2.33. The number of halogens is 1. The summed E-state index contributed by atoms with van der Waals surface area (Å²) >= 11 is 0. The lowest BCUT2D eigenvalue weighted by molar-refractivity contribution is -0.126. The summed E-state index contributed by atoms with van der Waals surface area (Å²) in [4.78, 5) is 12.8. The molecule has 0 aromatic heterocycles. The molecular weight excluding hydrogens is 423 g/mol. The number of ether oxygens (including phenoxy) is 2. The Morgan fingerprint density at radius 2 is 1.71 bits per heavy atom. The van der Waals surface area contributed by atoms with Gasteiger partial charge in [-0.15, -0.1) is 0 Å². The fraction of sp³-hybridized carbons (Fsp3) is 0.409. The highest BCUT2D eigenvalue weighted by Crippen LogP contribution is 2.34. The molecule has 1 amide bonds. The van der Waals surface area contributed by atoms with Crippen molar-refractivity contribution in [2.75, 3.05) is 26.3 Å². The molecule has 31 heavy (non-hydrogen) atoms. The maximum absolute atomic E-state index is 13.1. The van der Waals surface area contributed by atoms with Gasteiger partial charge in [0.15, 0.2) is 11.5 Å². The lowest BCUT2D eigenvalue weighted by atomic mass is 9.96. The molecule has 0 radical (unpaired) electrons. The van der Waals surface area contributed by atoms with E-state index in [4.69, 9.17) is 9.47 Å². The Balaban J connectivity index is 1.36. The Kier molecular flexibility index (Phi) is 6.15. The second kappa shape index (κ2) is 8.84. The number of fused-ring (bicyclic) bond motifs is 1. The van der Waals surface area contributed by atoms with Gasteiger partial charge in [0.05, 0.1) is 10.9 Å². The molecule has 7 nitrogen and oxygen atoms in total. The lowest BCUT2D eigenvalue weighted by Crippen LogP contribution is -2.43. The summed E-state index contributed by atoms with van der Waals surface area (Å²) in [6, 6.07) is 10.4. The molecule has 166 valence electrons. The molecule has 2 aromatic carbocycles. The molecule has 4 rings (SSSR count). The van der Waals surface area contributed by atoms with E-state index in [1.165, 1.54) is 28.6 Å².